The van der Waals surface area contributed by atoms with E-state index in [1.54, 1.807) is 17.0 Å². The molecule has 1 rings (SSSR count). The van der Waals surface area contributed by atoms with Crippen LogP contribution in [0.4, 0.5) is 5.82 Å². The van der Waals surface area contributed by atoms with E-state index in [4.69, 9.17) is 0 Å². The number of anilines is 1. The lowest BCUT2D eigenvalue weighted by Gasteiger charge is -2.20. The Morgan fingerprint density at radius 3 is 2.52 bits per heavy atom. The van der Waals surface area contributed by atoms with Crippen LogP contribution >= 0.6 is 0 Å². The number of nitrogens with zero attached hydrogens (tertiary/aromatic N) is 3. The molecule has 0 aliphatic carbocycles. The highest BCUT2D eigenvalue weighted by molar-refractivity contribution is 5.32. The highest BCUT2D eigenvalue weighted by Gasteiger charge is 2.10. The van der Waals surface area contributed by atoms with Crippen LogP contribution in [0.3, 0.4) is 0 Å². The Balaban J connectivity index is 2.54. The van der Waals surface area contributed by atoms with Crippen LogP contribution in [0.5, 0.6) is 0 Å². The first kappa shape index (κ1) is 17.7. The molecule has 0 saturated heterocycles. The Morgan fingerprint density at radius 2 is 1.95 bits per heavy atom. The molecule has 1 aromatic heterocycles. The van der Waals surface area contributed by atoms with E-state index in [1.807, 2.05) is 13.8 Å². The SMILES string of the molecule is CCN(CC)CCCC(C)Nc1nccn(C(C)C)c1=O. The summed E-state index contributed by atoms with van der Waals surface area (Å²) >= 11 is 0. The van der Waals surface area contributed by atoms with Gasteiger partial charge in [-0.2, -0.15) is 0 Å². The van der Waals surface area contributed by atoms with Gasteiger partial charge in [-0.3, -0.25) is 4.79 Å². The van der Waals surface area contributed by atoms with E-state index in [1.165, 1.54) is 0 Å². The first-order valence-electron chi connectivity index (χ1n) is 8.05. The molecule has 1 aromatic rings. The van der Waals surface area contributed by atoms with Crippen LogP contribution in [-0.4, -0.2) is 40.1 Å². The Hall–Kier alpha value is -1.36. The minimum atomic E-state index is -0.0388. The molecule has 1 N–H and O–H groups in total. The number of hydrogen-bond donors (Lipinski definition) is 1. The van der Waals surface area contributed by atoms with Crippen molar-refractivity contribution in [2.24, 2.45) is 0 Å². The van der Waals surface area contributed by atoms with Gasteiger partial charge in [0.25, 0.3) is 5.56 Å². The van der Waals surface area contributed by atoms with Crippen molar-refractivity contribution >= 4 is 5.82 Å². The second kappa shape index (κ2) is 8.82. The van der Waals surface area contributed by atoms with Gasteiger partial charge in [0.05, 0.1) is 0 Å². The monoisotopic (exact) mass is 294 g/mol. The summed E-state index contributed by atoms with van der Waals surface area (Å²) in [6.45, 7) is 13.8. The standard InChI is InChI=1S/C16H30N4O/c1-6-19(7-2)11-8-9-14(5)18-15-16(21)20(13(3)4)12-10-17-15/h10,12-14H,6-9,11H2,1-5H3,(H,17,18). The second-order valence-corrected chi connectivity index (χ2v) is 5.80. The van der Waals surface area contributed by atoms with E-state index in [2.05, 4.69) is 36.0 Å². The van der Waals surface area contributed by atoms with Crippen molar-refractivity contribution < 1.29 is 0 Å². The third-order valence-electron chi connectivity index (χ3n) is 3.81. The van der Waals surface area contributed by atoms with Gasteiger partial charge in [-0.05, 0) is 53.2 Å². The zero-order valence-corrected chi connectivity index (χ0v) is 14.1. The molecule has 0 saturated carbocycles. The van der Waals surface area contributed by atoms with Gasteiger partial charge in [-0.25, -0.2) is 4.98 Å². The molecule has 1 unspecified atom stereocenters. The van der Waals surface area contributed by atoms with Crippen molar-refractivity contribution in [1.29, 1.82) is 0 Å². The van der Waals surface area contributed by atoms with Crippen LogP contribution in [0.1, 0.15) is 53.5 Å². The fourth-order valence-corrected chi connectivity index (χ4v) is 2.40. The maximum absolute atomic E-state index is 12.3. The average molecular weight is 294 g/mol. The third kappa shape index (κ3) is 5.50. The number of aromatic nitrogens is 2. The average Bonchev–Trinajstić information content (AvgIpc) is 2.45. The number of nitrogens with one attached hydrogen (secondary N) is 1. The summed E-state index contributed by atoms with van der Waals surface area (Å²) in [5, 5.41) is 3.25. The molecule has 0 fully saturated rings. The molecule has 0 bridgehead atoms. The molecular formula is C16H30N4O. The molecule has 1 heterocycles. The lowest BCUT2D eigenvalue weighted by Crippen LogP contribution is -2.29. The lowest BCUT2D eigenvalue weighted by molar-refractivity contribution is 0.295. The Labute approximate surface area is 128 Å². The minimum absolute atomic E-state index is 0.0388. The minimum Gasteiger partial charge on any atom is -0.363 e. The van der Waals surface area contributed by atoms with Gasteiger partial charge < -0.3 is 14.8 Å². The summed E-state index contributed by atoms with van der Waals surface area (Å²) in [6.07, 6.45) is 5.59. The maximum atomic E-state index is 12.3. The molecule has 120 valence electrons. The number of rotatable bonds is 9. The first-order chi connectivity index (χ1) is 9.99. The topological polar surface area (TPSA) is 50.2 Å². The van der Waals surface area contributed by atoms with E-state index in [9.17, 15) is 4.79 Å². The predicted octanol–water partition coefficient (Wildman–Crippen LogP) is 2.75. The van der Waals surface area contributed by atoms with Crippen LogP contribution in [0, 0.1) is 0 Å². The van der Waals surface area contributed by atoms with Crippen LogP contribution in [-0.2, 0) is 0 Å². The molecule has 1 atom stereocenters. The molecule has 5 heteroatoms. The smallest absolute Gasteiger partial charge is 0.293 e. The summed E-state index contributed by atoms with van der Waals surface area (Å²) in [7, 11) is 0. The molecule has 0 spiro atoms. The van der Waals surface area contributed by atoms with Crippen molar-refractivity contribution in [3.63, 3.8) is 0 Å². The normalized spacial score (nSPS) is 12.9. The van der Waals surface area contributed by atoms with E-state index >= 15 is 0 Å². The van der Waals surface area contributed by atoms with Crippen molar-refractivity contribution in [1.82, 2.24) is 14.5 Å². The zero-order chi connectivity index (χ0) is 15.8. The predicted molar refractivity (Wildman–Crippen MR) is 89.0 cm³/mol. The molecule has 0 aliphatic heterocycles. The molecule has 5 nitrogen and oxygen atoms in total. The van der Waals surface area contributed by atoms with E-state index in [-0.39, 0.29) is 17.6 Å². The lowest BCUT2D eigenvalue weighted by atomic mass is 10.1. The molecule has 0 aliphatic rings. The highest BCUT2D eigenvalue weighted by Crippen LogP contribution is 2.06. The third-order valence-corrected chi connectivity index (χ3v) is 3.81. The molecule has 0 radical (unpaired) electrons. The summed E-state index contributed by atoms with van der Waals surface area (Å²) < 4.78 is 1.71. The van der Waals surface area contributed by atoms with Crippen molar-refractivity contribution in [2.75, 3.05) is 25.0 Å². The summed E-state index contributed by atoms with van der Waals surface area (Å²) in [6, 6.07) is 0.405. The van der Waals surface area contributed by atoms with Crippen LogP contribution in [0.15, 0.2) is 17.2 Å². The number of hydrogen-bond acceptors (Lipinski definition) is 4. The van der Waals surface area contributed by atoms with Gasteiger partial charge in [0.2, 0.25) is 0 Å². The van der Waals surface area contributed by atoms with Crippen LogP contribution in [0.2, 0.25) is 0 Å². The van der Waals surface area contributed by atoms with Gasteiger partial charge in [-0.1, -0.05) is 13.8 Å². The van der Waals surface area contributed by atoms with Gasteiger partial charge >= 0.3 is 0 Å². The zero-order valence-electron chi connectivity index (χ0n) is 14.1. The summed E-state index contributed by atoms with van der Waals surface area (Å²) in [5.74, 6) is 0.460. The quantitative estimate of drug-likeness (QED) is 0.761. The second-order valence-electron chi connectivity index (χ2n) is 5.80. The van der Waals surface area contributed by atoms with Crippen molar-refractivity contribution in [3.8, 4) is 0 Å². The van der Waals surface area contributed by atoms with E-state index < -0.39 is 0 Å². The van der Waals surface area contributed by atoms with Crippen molar-refractivity contribution in [2.45, 2.75) is 59.5 Å². The fourth-order valence-electron chi connectivity index (χ4n) is 2.40. The van der Waals surface area contributed by atoms with Crippen LogP contribution < -0.4 is 10.9 Å². The molecule has 21 heavy (non-hydrogen) atoms. The highest BCUT2D eigenvalue weighted by atomic mass is 16.1. The Morgan fingerprint density at radius 1 is 1.29 bits per heavy atom. The molecular weight excluding hydrogens is 264 g/mol. The van der Waals surface area contributed by atoms with Gasteiger partial charge in [0.15, 0.2) is 5.82 Å². The molecule has 0 amide bonds. The van der Waals surface area contributed by atoms with E-state index in [0.717, 1.165) is 32.5 Å². The van der Waals surface area contributed by atoms with Gasteiger partial charge in [-0.15, -0.1) is 0 Å². The maximum Gasteiger partial charge on any atom is 0.293 e. The fraction of sp³-hybridized carbons (Fsp3) is 0.750. The largest absolute Gasteiger partial charge is 0.363 e. The van der Waals surface area contributed by atoms with Gasteiger partial charge in [0.1, 0.15) is 0 Å². The summed E-state index contributed by atoms with van der Waals surface area (Å²) in [4.78, 5) is 18.8. The van der Waals surface area contributed by atoms with Crippen molar-refractivity contribution in [3.05, 3.63) is 22.7 Å². The van der Waals surface area contributed by atoms with Crippen LogP contribution in [0.25, 0.3) is 0 Å². The molecule has 0 aromatic carbocycles. The van der Waals surface area contributed by atoms with E-state index in [0.29, 0.717) is 5.82 Å². The Kier molecular flexibility index (Phi) is 7.43. The Bertz CT molecular complexity index is 466. The van der Waals surface area contributed by atoms with Gasteiger partial charge in [0, 0.05) is 24.5 Å². The first-order valence-corrected chi connectivity index (χ1v) is 8.05. The summed E-state index contributed by atoms with van der Waals surface area (Å²) in [5.41, 5.74) is -0.0388.